The minimum absolute atomic E-state index is 0.0382. The molecular weight excluding hydrogens is 285 g/mol. The van der Waals surface area contributed by atoms with Gasteiger partial charge in [-0.3, -0.25) is 0 Å². The van der Waals surface area contributed by atoms with Crippen LogP contribution in [0, 0.1) is 6.92 Å². The van der Waals surface area contributed by atoms with E-state index in [4.69, 9.17) is 0 Å². The van der Waals surface area contributed by atoms with Crippen LogP contribution in [0.5, 0.6) is 0 Å². The SMILES string of the molecule is Cc1nccc(CNC(=O)N2CC=C(C(F)(F)F)CC2)n1. The number of hydrogen-bond acceptors (Lipinski definition) is 3. The molecule has 1 aromatic rings. The molecule has 0 bridgehead atoms. The third-order valence-corrected chi connectivity index (χ3v) is 3.11. The number of hydrogen-bond donors (Lipinski definition) is 1. The van der Waals surface area contributed by atoms with Crippen molar-refractivity contribution in [1.82, 2.24) is 20.2 Å². The molecule has 21 heavy (non-hydrogen) atoms. The molecule has 8 heteroatoms. The number of urea groups is 1. The molecule has 0 radical (unpaired) electrons. The first-order valence-electron chi connectivity index (χ1n) is 6.44. The summed E-state index contributed by atoms with van der Waals surface area (Å²) in [6.07, 6.45) is -1.84. The lowest BCUT2D eigenvalue weighted by atomic mass is 10.1. The number of nitrogens with zero attached hydrogens (tertiary/aromatic N) is 3. The van der Waals surface area contributed by atoms with E-state index in [9.17, 15) is 18.0 Å². The molecule has 5 nitrogen and oxygen atoms in total. The van der Waals surface area contributed by atoms with Gasteiger partial charge in [-0.1, -0.05) is 6.08 Å². The van der Waals surface area contributed by atoms with Gasteiger partial charge in [0.2, 0.25) is 0 Å². The molecule has 0 spiro atoms. The molecule has 0 aromatic carbocycles. The van der Waals surface area contributed by atoms with E-state index in [-0.39, 0.29) is 26.1 Å². The number of amides is 2. The molecule has 0 saturated heterocycles. The molecule has 1 aliphatic heterocycles. The lowest BCUT2D eigenvalue weighted by Crippen LogP contribution is -2.43. The van der Waals surface area contributed by atoms with Crippen LogP contribution in [-0.4, -0.2) is 40.2 Å². The number of carbonyl (C=O) groups is 1. The van der Waals surface area contributed by atoms with E-state index < -0.39 is 17.8 Å². The average Bonchev–Trinajstić information content (AvgIpc) is 2.44. The summed E-state index contributed by atoms with van der Waals surface area (Å²) >= 11 is 0. The van der Waals surface area contributed by atoms with Crippen LogP contribution in [0.4, 0.5) is 18.0 Å². The summed E-state index contributed by atoms with van der Waals surface area (Å²) in [7, 11) is 0. The van der Waals surface area contributed by atoms with Gasteiger partial charge in [0.15, 0.2) is 0 Å². The molecule has 0 atom stereocenters. The summed E-state index contributed by atoms with van der Waals surface area (Å²) in [6, 6.07) is 1.27. The van der Waals surface area contributed by atoms with Crippen molar-refractivity contribution in [2.45, 2.75) is 26.1 Å². The van der Waals surface area contributed by atoms with Crippen molar-refractivity contribution in [2.24, 2.45) is 0 Å². The van der Waals surface area contributed by atoms with Crippen LogP contribution >= 0.6 is 0 Å². The zero-order chi connectivity index (χ0) is 15.5. The highest BCUT2D eigenvalue weighted by Crippen LogP contribution is 2.30. The highest BCUT2D eigenvalue weighted by Gasteiger charge is 2.35. The van der Waals surface area contributed by atoms with Crippen LogP contribution in [0.3, 0.4) is 0 Å². The van der Waals surface area contributed by atoms with Crippen LogP contribution in [0.1, 0.15) is 17.9 Å². The summed E-state index contributed by atoms with van der Waals surface area (Å²) in [5.74, 6) is 0.595. The predicted molar refractivity (Wildman–Crippen MR) is 69.3 cm³/mol. The van der Waals surface area contributed by atoms with Crippen LogP contribution in [0.25, 0.3) is 0 Å². The summed E-state index contributed by atoms with van der Waals surface area (Å²) in [4.78, 5) is 21.3. The highest BCUT2D eigenvalue weighted by molar-refractivity contribution is 5.74. The Balaban J connectivity index is 1.87. The second kappa shape index (κ2) is 6.11. The second-order valence-corrected chi connectivity index (χ2v) is 4.68. The van der Waals surface area contributed by atoms with Gasteiger partial charge in [-0.2, -0.15) is 13.2 Å². The molecule has 0 fully saturated rings. The van der Waals surface area contributed by atoms with Gasteiger partial charge in [0, 0.05) is 24.9 Å². The largest absolute Gasteiger partial charge is 0.412 e. The zero-order valence-electron chi connectivity index (χ0n) is 11.4. The molecule has 0 saturated carbocycles. The van der Waals surface area contributed by atoms with Crippen molar-refractivity contribution in [2.75, 3.05) is 13.1 Å². The Morgan fingerprint density at radius 2 is 2.24 bits per heavy atom. The van der Waals surface area contributed by atoms with Crippen molar-refractivity contribution in [1.29, 1.82) is 0 Å². The average molecular weight is 300 g/mol. The minimum atomic E-state index is -4.30. The predicted octanol–water partition coefficient (Wildman–Crippen LogP) is 2.19. The van der Waals surface area contributed by atoms with Gasteiger partial charge in [-0.05, 0) is 19.4 Å². The number of carbonyl (C=O) groups excluding carboxylic acids is 1. The van der Waals surface area contributed by atoms with E-state index in [1.165, 1.54) is 4.90 Å². The van der Waals surface area contributed by atoms with Crippen molar-refractivity contribution >= 4 is 6.03 Å². The van der Waals surface area contributed by atoms with Gasteiger partial charge < -0.3 is 10.2 Å². The Labute approximate surface area is 119 Å². The van der Waals surface area contributed by atoms with Crippen LogP contribution < -0.4 is 5.32 Å². The van der Waals surface area contributed by atoms with E-state index in [0.717, 1.165) is 6.08 Å². The monoisotopic (exact) mass is 300 g/mol. The fraction of sp³-hybridized carbons (Fsp3) is 0.462. The molecule has 2 rings (SSSR count). The Hall–Kier alpha value is -2.12. The maximum Gasteiger partial charge on any atom is 0.412 e. The Bertz CT molecular complexity index is 557. The smallest absolute Gasteiger partial charge is 0.332 e. The van der Waals surface area contributed by atoms with E-state index in [0.29, 0.717) is 11.5 Å². The highest BCUT2D eigenvalue weighted by atomic mass is 19.4. The van der Waals surface area contributed by atoms with Gasteiger partial charge in [0.1, 0.15) is 5.82 Å². The lowest BCUT2D eigenvalue weighted by Gasteiger charge is -2.27. The van der Waals surface area contributed by atoms with E-state index >= 15 is 0 Å². The van der Waals surface area contributed by atoms with Crippen LogP contribution in [0.15, 0.2) is 23.9 Å². The number of aryl methyl sites for hydroxylation is 1. The quantitative estimate of drug-likeness (QED) is 0.852. The first kappa shape index (κ1) is 15.3. The number of nitrogens with one attached hydrogen (secondary N) is 1. The maximum absolute atomic E-state index is 12.5. The van der Waals surface area contributed by atoms with Gasteiger partial charge >= 0.3 is 12.2 Å². The van der Waals surface area contributed by atoms with Crippen LogP contribution in [-0.2, 0) is 6.54 Å². The van der Waals surface area contributed by atoms with Gasteiger partial charge in [0.25, 0.3) is 0 Å². The summed E-state index contributed by atoms with van der Waals surface area (Å²) in [5.41, 5.74) is 0.0809. The van der Waals surface area contributed by atoms with E-state index in [1.54, 1.807) is 19.2 Å². The molecule has 0 unspecified atom stereocenters. The Kier molecular flexibility index (Phi) is 4.44. The van der Waals surface area contributed by atoms with E-state index in [1.807, 2.05) is 0 Å². The van der Waals surface area contributed by atoms with Crippen molar-refractivity contribution in [3.05, 3.63) is 35.4 Å². The molecular formula is C13H15F3N4O. The topological polar surface area (TPSA) is 58.1 Å². The third kappa shape index (κ3) is 4.17. The summed E-state index contributed by atoms with van der Waals surface area (Å²) in [6.45, 7) is 1.97. The number of alkyl halides is 3. The Morgan fingerprint density at radius 3 is 2.81 bits per heavy atom. The third-order valence-electron chi connectivity index (χ3n) is 3.11. The normalized spacial score (nSPS) is 15.6. The van der Waals surface area contributed by atoms with Crippen molar-refractivity contribution in [3.8, 4) is 0 Å². The second-order valence-electron chi connectivity index (χ2n) is 4.68. The fourth-order valence-electron chi connectivity index (χ4n) is 1.99. The number of aromatic nitrogens is 2. The Morgan fingerprint density at radius 1 is 1.48 bits per heavy atom. The standard InChI is InChI=1S/C13H15F3N4O/c1-9-17-5-2-11(19-9)8-18-12(21)20-6-3-10(4-7-20)13(14,15)16/h2-3,5H,4,6-8H2,1H3,(H,18,21). The number of halogens is 3. The van der Waals surface area contributed by atoms with Gasteiger partial charge in [-0.25, -0.2) is 14.8 Å². The maximum atomic E-state index is 12.5. The number of rotatable bonds is 2. The molecule has 0 aliphatic carbocycles. The molecule has 1 aromatic heterocycles. The fourth-order valence-corrected chi connectivity index (χ4v) is 1.99. The molecule has 1 N–H and O–H groups in total. The lowest BCUT2D eigenvalue weighted by molar-refractivity contribution is -0.0956. The summed E-state index contributed by atoms with van der Waals surface area (Å²) in [5, 5.41) is 2.64. The van der Waals surface area contributed by atoms with E-state index in [2.05, 4.69) is 15.3 Å². The van der Waals surface area contributed by atoms with Crippen molar-refractivity contribution in [3.63, 3.8) is 0 Å². The first-order chi connectivity index (χ1) is 9.86. The molecule has 2 heterocycles. The molecule has 2 amide bonds. The zero-order valence-corrected chi connectivity index (χ0v) is 11.4. The van der Waals surface area contributed by atoms with Gasteiger partial charge in [0.05, 0.1) is 12.2 Å². The van der Waals surface area contributed by atoms with Crippen molar-refractivity contribution < 1.29 is 18.0 Å². The minimum Gasteiger partial charge on any atom is -0.332 e. The van der Waals surface area contributed by atoms with Crippen LogP contribution in [0.2, 0.25) is 0 Å². The molecule has 1 aliphatic rings. The molecule has 114 valence electrons. The van der Waals surface area contributed by atoms with Gasteiger partial charge in [-0.15, -0.1) is 0 Å². The first-order valence-corrected chi connectivity index (χ1v) is 6.44. The summed E-state index contributed by atoms with van der Waals surface area (Å²) < 4.78 is 37.4.